The predicted molar refractivity (Wildman–Crippen MR) is 183 cm³/mol. The number of ether oxygens (including phenoxy) is 5. The fourth-order valence-electron chi connectivity index (χ4n) is 10.5. The Labute approximate surface area is 283 Å². The molecule has 264 valence electrons. The van der Waals surface area contributed by atoms with Gasteiger partial charge in [0.25, 0.3) is 0 Å². The highest BCUT2D eigenvalue weighted by Gasteiger charge is 2.97. The van der Waals surface area contributed by atoms with Crippen LogP contribution in [-0.4, -0.2) is 57.9 Å². The molecule has 1 spiro atoms. The summed E-state index contributed by atoms with van der Waals surface area (Å²) >= 11 is 0. The van der Waals surface area contributed by atoms with Crippen molar-refractivity contribution < 1.29 is 33.1 Å². The molecule has 7 unspecified atom stereocenters. The first-order valence-corrected chi connectivity index (χ1v) is 18.6. The summed E-state index contributed by atoms with van der Waals surface area (Å²) in [7, 11) is 0. The molecule has 5 aliphatic rings. The van der Waals surface area contributed by atoms with Crippen molar-refractivity contribution in [2.45, 2.75) is 187 Å². The highest BCUT2D eigenvalue weighted by molar-refractivity contribution is 5.63. The minimum absolute atomic E-state index is 0.0136. The van der Waals surface area contributed by atoms with E-state index in [-0.39, 0.29) is 52.2 Å². The second-order valence-corrected chi connectivity index (χ2v) is 17.4. The highest BCUT2D eigenvalue weighted by atomic mass is 16.6. The lowest BCUT2D eigenvalue weighted by atomic mass is 9.14. The van der Waals surface area contributed by atoms with Crippen LogP contribution in [0, 0.1) is 24.2 Å². The lowest BCUT2D eigenvalue weighted by Gasteiger charge is -2.93. The molecule has 7 atom stereocenters. The molecule has 0 bridgehead atoms. The number of aryl methyl sites for hydroxylation is 1. The van der Waals surface area contributed by atoms with E-state index in [1.165, 1.54) is 12.0 Å². The molecule has 8 heteroatoms. The van der Waals surface area contributed by atoms with Crippen molar-refractivity contribution in [2.75, 3.05) is 0 Å². The van der Waals surface area contributed by atoms with Gasteiger partial charge in [-0.15, -0.1) is 4.59 Å². The second-order valence-electron chi connectivity index (χ2n) is 17.4. The van der Waals surface area contributed by atoms with Crippen molar-refractivity contribution in [3.05, 3.63) is 28.8 Å². The number of hydrogen-bond donors (Lipinski definition) is 1. The van der Waals surface area contributed by atoms with Gasteiger partial charge in [0.05, 0.1) is 43.2 Å². The van der Waals surface area contributed by atoms with Gasteiger partial charge in [0.15, 0.2) is 0 Å². The maximum Gasteiger partial charge on any atom is 0.536 e. The molecule has 0 aliphatic heterocycles. The van der Waals surface area contributed by atoms with Gasteiger partial charge in [0, 0.05) is 23.0 Å². The molecule has 0 heterocycles. The summed E-state index contributed by atoms with van der Waals surface area (Å²) in [5.74, 6) is 9.06. The summed E-state index contributed by atoms with van der Waals surface area (Å²) in [6, 6.07) is 4.36. The molecule has 0 aromatic heterocycles. The molecule has 47 heavy (non-hydrogen) atoms. The number of amides is 1. The van der Waals surface area contributed by atoms with Crippen molar-refractivity contribution in [3.63, 3.8) is 0 Å². The molecule has 2 N–H and O–H groups in total. The normalized spacial score (nSPS) is 35.8. The minimum atomic E-state index is -0.455. The zero-order chi connectivity index (χ0) is 34.2. The molecular weight excluding hydrogens is 592 g/mol. The van der Waals surface area contributed by atoms with Crippen molar-refractivity contribution in [2.24, 2.45) is 23.1 Å². The third kappa shape index (κ3) is 5.38. The van der Waals surface area contributed by atoms with Gasteiger partial charge in [-0.05, 0) is 126 Å². The number of carbonyl (C=O) groups excluding carboxylic acids is 1. The Morgan fingerprint density at radius 2 is 1.45 bits per heavy atom. The molecule has 5 aliphatic carbocycles. The smallest absolute Gasteiger partial charge is 0.490 e. The highest BCUT2D eigenvalue weighted by Crippen LogP contribution is 2.92. The van der Waals surface area contributed by atoms with E-state index in [0.717, 1.165) is 68.2 Å². The Morgan fingerprint density at radius 3 is 1.94 bits per heavy atom. The molecule has 8 nitrogen and oxygen atoms in total. The van der Waals surface area contributed by atoms with Crippen LogP contribution in [0.5, 0.6) is 5.75 Å². The van der Waals surface area contributed by atoms with Gasteiger partial charge in [-0.1, -0.05) is 24.6 Å². The number of rotatable bonds is 13. The van der Waals surface area contributed by atoms with E-state index in [0.29, 0.717) is 25.0 Å². The van der Waals surface area contributed by atoms with Crippen molar-refractivity contribution in [3.8, 4) is 5.75 Å². The quantitative estimate of drug-likeness (QED) is 0.0990. The van der Waals surface area contributed by atoms with Crippen LogP contribution < -0.4 is 10.6 Å². The fraction of sp³-hybridized carbons (Fsp3) is 0.821. The molecule has 1 amide bonds. The van der Waals surface area contributed by atoms with Gasteiger partial charge >= 0.3 is 6.09 Å². The molecule has 1 aromatic carbocycles. The molecule has 1 aromatic rings. The Bertz CT molecular complexity index is 1290. The van der Waals surface area contributed by atoms with E-state index in [9.17, 15) is 4.79 Å². The third-order valence-corrected chi connectivity index (χ3v) is 12.9. The second kappa shape index (κ2) is 12.3. The lowest BCUT2D eigenvalue weighted by Crippen LogP contribution is -2.98. The summed E-state index contributed by atoms with van der Waals surface area (Å²) in [6.45, 7) is 21.7. The third-order valence-electron chi connectivity index (χ3n) is 12.9. The first-order valence-electron chi connectivity index (χ1n) is 18.6. The Balaban J connectivity index is 1.10. The predicted octanol–water partition coefficient (Wildman–Crippen LogP) is 8.29. The van der Waals surface area contributed by atoms with Gasteiger partial charge in [-0.2, -0.15) is 10.6 Å². The fourth-order valence-corrected chi connectivity index (χ4v) is 10.5. The number of nitrogens with zero attached hydrogens (tertiary/aromatic N) is 1. The van der Waals surface area contributed by atoms with E-state index < -0.39 is 11.1 Å². The van der Waals surface area contributed by atoms with Gasteiger partial charge in [0.1, 0.15) is 22.9 Å². The minimum Gasteiger partial charge on any atom is -0.490 e. The molecule has 6 rings (SSSR count). The Morgan fingerprint density at radius 1 is 0.915 bits per heavy atom. The molecular formula is C39H63N2O6+. The summed E-state index contributed by atoms with van der Waals surface area (Å²) in [5.41, 5.74) is 2.41. The molecule has 0 saturated heterocycles. The van der Waals surface area contributed by atoms with Crippen LogP contribution in [0.1, 0.15) is 137 Å². The Kier molecular flexibility index (Phi) is 9.16. The average Bonchev–Trinajstić information content (AvgIpc) is 2.96. The topological polar surface area (TPSA) is 89.2 Å². The zero-order valence-electron chi connectivity index (χ0n) is 30.9. The van der Waals surface area contributed by atoms with E-state index in [2.05, 4.69) is 60.6 Å². The number of benzene rings is 1. The number of carbonyl (C=O) groups is 1. The largest absolute Gasteiger partial charge is 0.536 e. The standard InChI is InChI=1S/C39H63N2O6/c1-11-27(7)41(40,36(8,9)10)35(42)47-38-20-31-18-30-19-37(23-38,39(30,31)38)46-33-14-12-32(13-15-33)45-34-28(21-43-24(2)3)16-26(6)17-29(34)22-44-25(4)5/h16-17,24-25,27,30-33H,11-15,18-23,40H2,1-10H3/q+1. The van der Waals surface area contributed by atoms with Gasteiger partial charge in [-0.25, -0.2) is 0 Å². The number of hydrogen-bond acceptors (Lipinski definition) is 7. The first-order chi connectivity index (χ1) is 22.0. The van der Waals surface area contributed by atoms with Crippen molar-refractivity contribution in [1.82, 2.24) is 0 Å². The van der Waals surface area contributed by atoms with Gasteiger partial charge in [0.2, 0.25) is 0 Å². The zero-order valence-corrected chi connectivity index (χ0v) is 30.9. The van der Waals surface area contributed by atoms with E-state index in [1.807, 2.05) is 20.8 Å². The molecule has 0 radical (unpaired) electrons. The number of nitrogens with two attached hydrogens (primary N) is 1. The van der Waals surface area contributed by atoms with Crippen LogP contribution in [-0.2, 0) is 32.2 Å². The van der Waals surface area contributed by atoms with Crippen molar-refractivity contribution in [1.29, 1.82) is 0 Å². The average molecular weight is 656 g/mol. The van der Waals surface area contributed by atoms with Crippen LogP contribution >= 0.6 is 0 Å². The number of quaternary nitrogens is 1. The van der Waals surface area contributed by atoms with E-state index >= 15 is 0 Å². The van der Waals surface area contributed by atoms with E-state index in [4.69, 9.17) is 29.5 Å². The van der Waals surface area contributed by atoms with Crippen LogP contribution in [0.3, 0.4) is 0 Å². The van der Waals surface area contributed by atoms with Crippen molar-refractivity contribution >= 4 is 6.09 Å². The maximum absolute atomic E-state index is 13.9. The lowest BCUT2D eigenvalue weighted by molar-refractivity contribution is -0.937. The molecule has 5 fully saturated rings. The van der Waals surface area contributed by atoms with Crippen LogP contribution in [0.4, 0.5) is 4.79 Å². The maximum atomic E-state index is 13.9. The summed E-state index contributed by atoms with van der Waals surface area (Å²) in [5, 5.41) is 0. The molecule has 5 saturated carbocycles. The van der Waals surface area contributed by atoms with Gasteiger partial charge < -0.3 is 23.7 Å². The van der Waals surface area contributed by atoms with Crippen LogP contribution in [0.25, 0.3) is 0 Å². The SMILES string of the molecule is CCC(C)[N+](N)(C(=O)OC12CC3CC4CC(OC5CCC(Oc6c(COC(C)C)cc(C)cc6COC(C)C)CC5)(C1)C342)C(C)(C)C. The van der Waals surface area contributed by atoms with Crippen LogP contribution in [0.2, 0.25) is 0 Å². The van der Waals surface area contributed by atoms with Gasteiger partial charge in [-0.3, -0.25) is 0 Å². The monoisotopic (exact) mass is 655 g/mol. The summed E-state index contributed by atoms with van der Waals surface area (Å²) in [4.78, 5) is 13.9. The van der Waals surface area contributed by atoms with Crippen LogP contribution in [0.15, 0.2) is 12.1 Å². The summed E-state index contributed by atoms with van der Waals surface area (Å²) in [6.07, 6.45) is 9.20. The Hall–Kier alpha value is -1.71. The first kappa shape index (κ1) is 35.1. The summed E-state index contributed by atoms with van der Waals surface area (Å²) < 4.78 is 32.5. The van der Waals surface area contributed by atoms with E-state index in [1.54, 1.807) is 0 Å².